The van der Waals surface area contributed by atoms with E-state index in [-0.39, 0.29) is 22.3 Å². The van der Waals surface area contributed by atoms with E-state index in [2.05, 4.69) is 8.37 Å². The van der Waals surface area contributed by atoms with Gasteiger partial charge >= 0.3 is 31.3 Å². The zero-order valence-corrected chi connectivity index (χ0v) is 16.6. The number of rotatable bonds is 5. The summed E-state index contributed by atoms with van der Waals surface area (Å²) in [6.45, 7) is 2.44. The zero-order chi connectivity index (χ0) is 23.1. The summed E-state index contributed by atoms with van der Waals surface area (Å²) in [6.07, 6.45) is 0. The molecule has 0 aliphatic carbocycles. The second kappa shape index (κ2) is 7.65. The maximum Gasteiger partial charge on any atom is 0.534 e. The lowest BCUT2D eigenvalue weighted by molar-refractivity contribution is -0.0505. The third kappa shape index (κ3) is 4.64. The molecular formula is C16H12F6O6S2. The van der Waals surface area contributed by atoms with Crippen LogP contribution in [0.2, 0.25) is 0 Å². The number of benzene rings is 2. The highest BCUT2D eigenvalue weighted by Crippen LogP contribution is 2.38. The molecule has 0 atom stereocenters. The van der Waals surface area contributed by atoms with Crippen molar-refractivity contribution in [2.75, 3.05) is 0 Å². The van der Waals surface area contributed by atoms with Crippen LogP contribution in [0.1, 0.15) is 11.1 Å². The van der Waals surface area contributed by atoms with E-state index in [4.69, 9.17) is 0 Å². The predicted octanol–water partition coefficient (Wildman–Crippen LogP) is 4.43. The molecule has 2 rings (SSSR count). The molecule has 0 bridgehead atoms. The minimum Gasteiger partial charge on any atom is -0.376 e. The van der Waals surface area contributed by atoms with Gasteiger partial charge in [-0.1, -0.05) is 24.3 Å². The molecule has 0 heterocycles. The van der Waals surface area contributed by atoms with Crippen molar-refractivity contribution in [3.63, 3.8) is 0 Å². The van der Waals surface area contributed by atoms with E-state index in [1.54, 1.807) is 0 Å². The molecule has 0 amide bonds. The lowest BCUT2D eigenvalue weighted by Gasteiger charge is -2.17. The van der Waals surface area contributed by atoms with Gasteiger partial charge in [-0.2, -0.15) is 43.2 Å². The zero-order valence-electron chi connectivity index (χ0n) is 15.0. The van der Waals surface area contributed by atoms with E-state index in [1.165, 1.54) is 26.0 Å². The number of halogens is 6. The van der Waals surface area contributed by atoms with Gasteiger partial charge in [0.2, 0.25) is 0 Å². The Kier molecular flexibility index (Phi) is 6.07. The highest BCUT2D eigenvalue weighted by Gasteiger charge is 2.49. The van der Waals surface area contributed by atoms with Gasteiger partial charge in [0.05, 0.1) is 0 Å². The fourth-order valence-electron chi connectivity index (χ4n) is 2.32. The molecule has 0 saturated carbocycles. The topological polar surface area (TPSA) is 86.7 Å². The molecule has 14 heteroatoms. The van der Waals surface area contributed by atoms with Crippen molar-refractivity contribution in [1.29, 1.82) is 0 Å². The predicted molar refractivity (Wildman–Crippen MR) is 92.6 cm³/mol. The van der Waals surface area contributed by atoms with Crippen molar-refractivity contribution in [1.82, 2.24) is 0 Å². The average Bonchev–Trinajstić information content (AvgIpc) is 2.56. The van der Waals surface area contributed by atoms with Crippen LogP contribution in [-0.2, 0) is 20.2 Å². The summed E-state index contributed by atoms with van der Waals surface area (Å²) in [5, 5.41) is 0. The minimum atomic E-state index is -5.96. The molecule has 30 heavy (non-hydrogen) atoms. The largest absolute Gasteiger partial charge is 0.534 e. The maximum absolute atomic E-state index is 12.6. The Morgan fingerprint density at radius 3 is 1.20 bits per heavy atom. The summed E-state index contributed by atoms with van der Waals surface area (Å²) in [7, 11) is -11.9. The van der Waals surface area contributed by atoms with E-state index in [0.717, 1.165) is 24.3 Å². The molecule has 0 unspecified atom stereocenters. The lowest BCUT2D eigenvalue weighted by Crippen LogP contribution is -2.28. The van der Waals surface area contributed by atoms with E-state index < -0.39 is 42.8 Å². The van der Waals surface area contributed by atoms with Crippen molar-refractivity contribution in [2.24, 2.45) is 0 Å². The van der Waals surface area contributed by atoms with Crippen LogP contribution in [-0.4, -0.2) is 27.9 Å². The average molecular weight is 478 g/mol. The first-order valence-corrected chi connectivity index (χ1v) is 10.5. The van der Waals surface area contributed by atoms with Gasteiger partial charge in [-0.15, -0.1) is 0 Å². The number of hydrogen-bond acceptors (Lipinski definition) is 6. The Balaban J connectivity index is 2.55. The Morgan fingerprint density at radius 2 is 0.933 bits per heavy atom. The molecule has 0 saturated heterocycles. The first-order valence-electron chi connectivity index (χ1n) is 7.69. The van der Waals surface area contributed by atoms with Gasteiger partial charge in [0.15, 0.2) is 0 Å². The fourth-order valence-corrected chi connectivity index (χ4v) is 3.35. The third-order valence-electron chi connectivity index (χ3n) is 3.82. The molecule has 2 aromatic rings. The molecular weight excluding hydrogens is 466 g/mol. The normalized spacial score (nSPS) is 13.2. The summed E-state index contributed by atoms with van der Waals surface area (Å²) < 4.78 is 129. The molecule has 6 nitrogen and oxygen atoms in total. The smallest absolute Gasteiger partial charge is 0.376 e. The molecule has 0 radical (unpaired) electrons. The van der Waals surface area contributed by atoms with Crippen LogP contribution in [0.25, 0.3) is 11.1 Å². The van der Waals surface area contributed by atoms with Gasteiger partial charge in [-0.05, 0) is 37.1 Å². The van der Waals surface area contributed by atoms with Crippen LogP contribution in [0.5, 0.6) is 11.5 Å². The van der Waals surface area contributed by atoms with Gasteiger partial charge < -0.3 is 8.37 Å². The van der Waals surface area contributed by atoms with Crippen molar-refractivity contribution < 1.29 is 51.5 Å². The summed E-state index contributed by atoms with van der Waals surface area (Å²) in [5.41, 5.74) is -11.4. The summed E-state index contributed by atoms with van der Waals surface area (Å²) in [5.74, 6) is -1.34. The van der Waals surface area contributed by atoms with Crippen LogP contribution in [0.15, 0.2) is 36.4 Å². The minimum absolute atomic E-state index is 0.0808. The Bertz CT molecular complexity index is 1070. The third-order valence-corrected chi connectivity index (χ3v) is 5.76. The van der Waals surface area contributed by atoms with E-state index >= 15 is 0 Å². The SMILES string of the molecule is Cc1c(OS(=O)(=O)C(F)(F)F)cccc1-c1cccc(OS(=O)(=O)C(F)(F)F)c1C. The quantitative estimate of drug-likeness (QED) is 0.359. The molecule has 0 aliphatic heterocycles. The van der Waals surface area contributed by atoms with Crippen LogP contribution < -0.4 is 8.37 Å². The summed E-state index contributed by atoms with van der Waals surface area (Å²) >= 11 is 0. The number of alkyl halides is 6. The highest BCUT2D eigenvalue weighted by molar-refractivity contribution is 7.88. The summed E-state index contributed by atoms with van der Waals surface area (Å²) in [4.78, 5) is 0. The molecule has 2 aromatic carbocycles. The van der Waals surface area contributed by atoms with Crippen LogP contribution >= 0.6 is 0 Å². The molecule has 0 aromatic heterocycles. The second-order valence-corrected chi connectivity index (χ2v) is 8.90. The number of hydrogen-bond donors (Lipinski definition) is 0. The van der Waals surface area contributed by atoms with Crippen LogP contribution in [0, 0.1) is 13.8 Å². The monoisotopic (exact) mass is 478 g/mol. The Morgan fingerprint density at radius 1 is 0.633 bits per heavy atom. The van der Waals surface area contributed by atoms with E-state index in [1.807, 2.05) is 0 Å². The summed E-state index contributed by atoms with van der Waals surface area (Å²) in [6, 6.07) is 6.86. The van der Waals surface area contributed by atoms with Crippen molar-refractivity contribution >= 4 is 20.2 Å². The standard InChI is InChI=1S/C16H12F6O6S2/c1-9-11(5-3-7-13(9)27-29(23,24)15(17,18)19)12-6-4-8-14(10(12)2)28-30(25,26)16(20,21)22/h3-8H,1-2H3. The van der Waals surface area contributed by atoms with Crippen molar-refractivity contribution in [3.05, 3.63) is 47.5 Å². The van der Waals surface area contributed by atoms with E-state index in [0.29, 0.717) is 0 Å². The highest BCUT2D eigenvalue weighted by atomic mass is 32.2. The van der Waals surface area contributed by atoms with Gasteiger partial charge in [-0.25, -0.2) is 0 Å². The molecule has 0 fully saturated rings. The van der Waals surface area contributed by atoms with Gasteiger partial charge in [0.25, 0.3) is 0 Å². The van der Waals surface area contributed by atoms with Crippen molar-refractivity contribution in [3.8, 4) is 22.6 Å². The molecule has 0 aliphatic rings. The first-order chi connectivity index (χ1) is 13.5. The van der Waals surface area contributed by atoms with Crippen LogP contribution in [0.3, 0.4) is 0 Å². The van der Waals surface area contributed by atoms with Gasteiger partial charge in [0, 0.05) is 11.1 Å². The first kappa shape index (κ1) is 23.8. The Labute approximate surface area is 167 Å². The van der Waals surface area contributed by atoms with Gasteiger partial charge in [-0.3, -0.25) is 0 Å². The second-order valence-electron chi connectivity index (χ2n) is 5.82. The van der Waals surface area contributed by atoms with Crippen LogP contribution in [0.4, 0.5) is 26.3 Å². The fraction of sp³-hybridized carbons (Fsp3) is 0.250. The Hall–Kier alpha value is -2.48. The molecule has 0 N–H and O–H groups in total. The van der Waals surface area contributed by atoms with Gasteiger partial charge in [0.1, 0.15) is 11.5 Å². The lowest BCUT2D eigenvalue weighted by atomic mass is 9.96. The molecule has 0 spiro atoms. The molecule has 166 valence electrons. The van der Waals surface area contributed by atoms with E-state index in [9.17, 15) is 43.2 Å². The maximum atomic E-state index is 12.6. The van der Waals surface area contributed by atoms with Crippen molar-refractivity contribution in [2.45, 2.75) is 24.9 Å².